The maximum atomic E-state index is 13.7. The van der Waals surface area contributed by atoms with Gasteiger partial charge in [0.2, 0.25) is 0 Å². The summed E-state index contributed by atoms with van der Waals surface area (Å²) in [6.45, 7) is 4.78. The van der Waals surface area contributed by atoms with E-state index in [1.54, 1.807) is 18.3 Å². The molecule has 1 aromatic carbocycles. The molecule has 136 valence electrons. The molecule has 1 fully saturated rings. The van der Waals surface area contributed by atoms with E-state index in [0.29, 0.717) is 0 Å². The van der Waals surface area contributed by atoms with Gasteiger partial charge in [0.25, 0.3) is 0 Å². The van der Waals surface area contributed by atoms with E-state index in [0.717, 1.165) is 55.7 Å². The van der Waals surface area contributed by atoms with E-state index in [4.69, 9.17) is 0 Å². The van der Waals surface area contributed by atoms with E-state index < -0.39 is 0 Å². The number of aromatic nitrogens is 2. The minimum Gasteiger partial charge on any atom is -0.392 e. The van der Waals surface area contributed by atoms with Crippen molar-refractivity contribution >= 4 is 5.57 Å². The van der Waals surface area contributed by atoms with Gasteiger partial charge in [-0.25, -0.2) is 4.39 Å². The molecule has 4 rings (SSSR count). The maximum Gasteiger partial charge on any atom is 0.123 e. The summed E-state index contributed by atoms with van der Waals surface area (Å²) in [6, 6.07) is 9.01. The van der Waals surface area contributed by atoms with Crippen molar-refractivity contribution in [2.45, 2.75) is 38.2 Å². The second kappa shape index (κ2) is 7.25. The topological polar surface area (TPSA) is 49.2 Å². The van der Waals surface area contributed by atoms with Crippen molar-refractivity contribution in [2.24, 2.45) is 0 Å². The van der Waals surface area contributed by atoms with E-state index in [9.17, 15) is 9.50 Å². The Morgan fingerprint density at radius 1 is 1.35 bits per heavy atom. The first-order valence-electron chi connectivity index (χ1n) is 9.30. The van der Waals surface area contributed by atoms with Crippen molar-refractivity contribution < 1.29 is 9.50 Å². The standard InChI is InChI=1S/C21H24FN3O/c1-14(20-3-2-8-23-24-20)21-15(6-9-25-10-7-18(26)13-25)11-16-12-17(22)4-5-19(16)21/h2-5,8,12,14,18,26H,6-7,9-11,13H2,1H3. The Morgan fingerprint density at radius 3 is 2.96 bits per heavy atom. The smallest absolute Gasteiger partial charge is 0.123 e. The first-order chi connectivity index (χ1) is 12.6. The summed E-state index contributed by atoms with van der Waals surface area (Å²) in [7, 11) is 0. The number of hydrogen-bond donors (Lipinski definition) is 1. The summed E-state index contributed by atoms with van der Waals surface area (Å²) < 4.78 is 13.7. The lowest BCUT2D eigenvalue weighted by atomic mass is 9.90. The monoisotopic (exact) mass is 353 g/mol. The zero-order valence-corrected chi connectivity index (χ0v) is 15.0. The van der Waals surface area contributed by atoms with Crippen LogP contribution in [0.3, 0.4) is 0 Å². The van der Waals surface area contributed by atoms with Crippen molar-refractivity contribution in [3.63, 3.8) is 0 Å². The van der Waals surface area contributed by atoms with Crippen LogP contribution in [0.25, 0.3) is 5.57 Å². The lowest BCUT2D eigenvalue weighted by Crippen LogP contribution is -2.23. The molecule has 2 aromatic rings. The third kappa shape index (κ3) is 3.41. The molecule has 1 aliphatic heterocycles. The SMILES string of the molecule is CC(C1=C(CCN2CCC(O)C2)Cc2cc(F)ccc21)c1cccnn1. The number of hydrogen-bond acceptors (Lipinski definition) is 4. The Labute approximate surface area is 153 Å². The summed E-state index contributed by atoms with van der Waals surface area (Å²) in [5, 5.41) is 18.1. The highest BCUT2D eigenvalue weighted by Gasteiger charge is 2.28. The number of rotatable bonds is 5. The first-order valence-corrected chi connectivity index (χ1v) is 9.30. The molecular weight excluding hydrogens is 329 g/mol. The van der Waals surface area contributed by atoms with Gasteiger partial charge in [-0.2, -0.15) is 10.2 Å². The van der Waals surface area contributed by atoms with Gasteiger partial charge in [0.1, 0.15) is 5.82 Å². The van der Waals surface area contributed by atoms with Crippen LogP contribution in [-0.2, 0) is 6.42 Å². The average molecular weight is 353 g/mol. The lowest BCUT2D eigenvalue weighted by molar-refractivity contribution is 0.177. The molecule has 0 saturated carbocycles. The molecule has 2 aliphatic rings. The van der Waals surface area contributed by atoms with Gasteiger partial charge < -0.3 is 10.0 Å². The van der Waals surface area contributed by atoms with Crippen LogP contribution in [0.15, 0.2) is 42.1 Å². The number of halogens is 1. The Hall–Kier alpha value is -2.11. The fourth-order valence-electron chi connectivity index (χ4n) is 4.25. The highest BCUT2D eigenvalue weighted by molar-refractivity contribution is 5.80. The summed E-state index contributed by atoms with van der Waals surface area (Å²) in [4.78, 5) is 2.31. The molecule has 26 heavy (non-hydrogen) atoms. The zero-order chi connectivity index (χ0) is 18.1. The molecule has 2 heterocycles. The van der Waals surface area contributed by atoms with Crippen LogP contribution in [0.5, 0.6) is 0 Å². The second-order valence-electron chi connectivity index (χ2n) is 7.36. The summed E-state index contributed by atoms with van der Waals surface area (Å²) in [5.41, 5.74) is 5.76. The highest BCUT2D eigenvalue weighted by Crippen LogP contribution is 2.42. The molecular formula is C21H24FN3O. The van der Waals surface area contributed by atoms with Crippen molar-refractivity contribution in [3.05, 3.63) is 64.7 Å². The molecule has 2 unspecified atom stereocenters. The highest BCUT2D eigenvalue weighted by atomic mass is 19.1. The average Bonchev–Trinajstić information content (AvgIpc) is 3.22. The van der Waals surface area contributed by atoms with Gasteiger partial charge in [-0.3, -0.25) is 0 Å². The minimum atomic E-state index is -0.197. The molecule has 1 aromatic heterocycles. The quantitative estimate of drug-likeness (QED) is 0.897. The fraction of sp³-hybridized carbons (Fsp3) is 0.429. The summed E-state index contributed by atoms with van der Waals surface area (Å²) in [5.74, 6) is -0.0613. The number of allylic oxidation sites excluding steroid dienone is 1. The van der Waals surface area contributed by atoms with E-state index in [1.165, 1.54) is 11.1 Å². The van der Waals surface area contributed by atoms with Crippen LogP contribution in [-0.4, -0.2) is 45.9 Å². The van der Waals surface area contributed by atoms with Gasteiger partial charge in [-0.15, -0.1) is 0 Å². The van der Waals surface area contributed by atoms with Crippen molar-refractivity contribution in [1.82, 2.24) is 15.1 Å². The van der Waals surface area contributed by atoms with Crippen molar-refractivity contribution in [1.29, 1.82) is 0 Å². The van der Waals surface area contributed by atoms with Crippen LogP contribution in [0.2, 0.25) is 0 Å². The van der Waals surface area contributed by atoms with E-state index in [-0.39, 0.29) is 17.8 Å². The second-order valence-corrected chi connectivity index (χ2v) is 7.36. The molecule has 0 radical (unpaired) electrons. The number of benzene rings is 1. The van der Waals surface area contributed by atoms with Crippen LogP contribution >= 0.6 is 0 Å². The summed E-state index contributed by atoms with van der Waals surface area (Å²) >= 11 is 0. The molecule has 0 amide bonds. The van der Waals surface area contributed by atoms with E-state index in [2.05, 4.69) is 22.0 Å². The Balaban J connectivity index is 1.63. The number of nitrogens with zero attached hydrogens (tertiary/aromatic N) is 3. The Bertz CT molecular complexity index is 821. The maximum absolute atomic E-state index is 13.7. The number of fused-ring (bicyclic) bond motifs is 1. The van der Waals surface area contributed by atoms with E-state index >= 15 is 0 Å². The molecule has 5 heteroatoms. The van der Waals surface area contributed by atoms with Crippen LogP contribution < -0.4 is 0 Å². The third-order valence-electron chi connectivity index (χ3n) is 5.59. The molecule has 0 spiro atoms. The number of aliphatic hydroxyl groups excluding tert-OH is 1. The van der Waals surface area contributed by atoms with Gasteiger partial charge in [-0.1, -0.05) is 18.6 Å². The Morgan fingerprint density at radius 2 is 2.23 bits per heavy atom. The molecule has 4 nitrogen and oxygen atoms in total. The zero-order valence-electron chi connectivity index (χ0n) is 15.0. The van der Waals surface area contributed by atoms with Gasteiger partial charge in [0, 0.05) is 31.7 Å². The Kier molecular flexibility index (Phi) is 4.83. The molecule has 1 N–H and O–H groups in total. The van der Waals surface area contributed by atoms with Gasteiger partial charge >= 0.3 is 0 Å². The van der Waals surface area contributed by atoms with Crippen LogP contribution in [0, 0.1) is 5.82 Å². The molecule has 1 saturated heterocycles. The fourth-order valence-corrected chi connectivity index (χ4v) is 4.25. The molecule has 2 atom stereocenters. The predicted molar refractivity (Wildman–Crippen MR) is 99.2 cm³/mol. The minimum absolute atomic E-state index is 0.120. The van der Waals surface area contributed by atoms with Gasteiger partial charge in [0.15, 0.2) is 0 Å². The van der Waals surface area contributed by atoms with Gasteiger partial charge in [-0.05, 0) is 60.2 Å². The largest absolute Gasteiger partial charge is 0.392 e. The van der Waals surface area contributed by atoms with Crippen molar-refractivity contribution in [2.75, 3.05) is 19.6 Å². The van der Waals surface area contributed by atoms with E-state index in [1.807, 2.05) is 18.2 Å². The first kappa shape index (κ1) is 17.3. The number of likely N-dealkylation sites (tertiary alicyclic amines) is 1. The lowest BCUT2D eigenvalue weighted by Gasteiger charge is -2.19. The van der Waals surface area contributed by atoms with Crippen molar-refractivity contribution in [3.8, 4) is 0 Å². The molecule has 0 bridgehead atoms. The predicted octanol–water partition coefficient (Wildman–Crippen LogP) is 3.19. The number of β-amino-alcohol motifs (C(OH)–C–C–N with tert-alkyl or cyclic N) is 1. The third-order valence-corrected chi connectivity index (χ3v) is 5.59. The van der Waals surface area contributed by atoms with Crippen LogP contribution in [0.4, 0.5) is 4.39 Å². The molecule has 1 aliphatic carbocycles. The van der Waals surface area contributed by atoms with Crippen LogP contribution in [0.1, 0.15) is 42.5 Å². The summed E-state index contributed by atoms with van der Waals surface area (Å²) in [6.07, 6.45) is 4.07. The van der Waals surface area contributed by atoms with Gasteiger partial charge in [0.05, 0.1) is 11.8 Å². The number of aliphatic hydroxyl groups is 1. The normalized spacial score (nSPS) is 21.3.